The molecule has 0 radical (unpaired) electrons. The first-order chi connectivity index (χ1) is 5.65. The molecule has 2 nitrogen and oxygen atoms in total. The van der Waals surface area contributed by atoms with Gasteiger partial charge in [-0.1, -0.05) is 18.5 Å². The Morgan fingerprint density at radius 3 is 2.75 bits per heavy atom. The van der Waals surface area contributed by atoms with E-state index < -0.39 is 10.8 Å². The average Bonchev–Trinajstić information content (AvgIpc) is 2.03. The van der Waals surface area contributed by atoms with E-state index in [9.17, 15) is 4.21 Å². The Balaban J connectivity index is 3.09. The lowest BCUT2D eigenvalue weighted by atomic mass is 10.3. The predicted molar refractivity (Wildman–Crippen MR) is 52.8 cm³/mol. The van der Waals surface area contributed by atoms with Crippen LogP contribution in [0.25, 0.3) is 0 Å². The highest BCUT2D eigenvalue weighted by atomic mass is 35.5. The predicted octanol–water partition coefficient (Wildman–Crippen LogP) is 2.05. The van der Waals surface area contributed by atoms with Crippen LogP contribution in [0.1, 0.15) is 6.92 Å². The van der Waals surface area contributed by atoms with Crippen molar-refractivity contribution in [2.24, 2.45) is 0 Å². The normalized spacial score (nSPS) is 12.8. The van der Waals surface area contributed by atoms with E-state index in [4.69, 9.17) is 17.3 Å². The summed E-state index contributed by atoms with van der Waals surface area (Å²) >= 11 is 5.83. The summed E-state index contributed by atoms with van der Waals surface area (Å²) in [7, 11) is -0.998. The van der Waals surface area contributed by atoms with Gasteiger partial charge in [0.05, 0.1) is 20.7 Å². The molecule has 0 aliphatic heterocycles. The summed E-state index contributed by atoms with van der Waals surface area (Å²) in [6.07, 6.45) is 0. The summed E-state index contributed by atoms with van der Waals surface area (Å²) in [6, 6.07) is 5.02. The molecule has 0 fully saturated rings. The second-order valence-corrected chi connectivity index (χ2v) is 4.44. The van der Waals surface area contributed by atoms with E-state index in [1.54, 1.807) is 18.2 Å². The van der Waals surface area contributed by atoms with Gasteiger partial charge >= 0.3 is 0 Å². The second-order valence-electron chi connectivity index (χ2n) is 2.32. The maximum Gasteiger partial charge on any atom is 0.0587 e. The Morgan fingerprint density at radius 2 is 2.25 bits per heavy atom. The van der Waals surface area contributed by atoms with Crippen molar-refractivity contribution in [3.05, 3.63) is 23.2 Å². The number of halogens is 1. The van der Waals surface area contributed by atoms with Crippen molar-refractivity contribution < 1.29 is 4.21 Å². The van der Waals surface area contributed by atoms with E-state index in [1.165, 1.54) is 0 Å². The zero-order chi connectivity index (χ0) is 9.14. The van der Waals surface area contributed by atoms with Gasteiger partial charge in [-0.2, -0.15) is 0 Å². The maximum absolute atomic E-state index is 11.3. The molecule has 0 spiro atoms. The lowest BCUT2D eigenvalue weighted by molar-refractivity contribution is 0.684. The number of hydrogen-bond acceptors (Lipinski definition) is 2. The molecule has 1 aromatic carbocycles. The van der Waals surface area contributed by atoms with Crippen LogP contribution < -0.4 is 5.73 Å². The topological polar surface area (TPSA) is 43.1 Å². The smallest absolute Gasteiger partial charge is 0.0587 e. The molecule has 0 amide bonds. The van der Waals surface area contributed by atoms with Crippen molar-refractivity contribution in [3.8, 4) is 0 Å². The third kappa shape index (κ3) is 1.99. The minimum absolute atomic E-state index is 0.482. The van der Waals surface area contributed by atoms with Gasteiger partial charge in [-0.05, 0) is 18.2 Å². The average molecular weight is 204 g/mol. The van der Waals surface area contributed by atoms with Gasteiger partial charge in [0.2, 0.25) is 0 Å². The van der Waals surface area contributed by atoms with Gasteiger partial charge in [-0.25, -0.2) is 0 Å². The highest BCUT2D eigenvalue weighted by molar-refractivity contribution is 7.85. The molecular weight excluding hydrogens is 194 g/mol. The standard InChI is InChI=1S/C8H10ClNOS/c1-2-12(11)8-4-3-6(10)5-7(8)9/h3-5H,2,10H2,1H3. The van der Waals surface area contributed by atoms with Crippen LogP contribution in [0.3, 0.4) is 0 Å². The fourth-order valence-electron chi connectivity index (χ4n) is 0.857. The molecule has 2 N–H and O–H groups in total. The van der Waals surface area contributed by atoms with Crippen LogP contribution in [0.5, 0.6) is 0 Å². The SMILES string of the molecule is CCS(=O)c1ccc(N)cc1Cl. The largest absolute Gasteiger partial charge is 0.399 e. The molecule has 1 unspecified atom stereocenters. The zero-order valence-corrected chi connectivity index (χ0v) is 8.28. The van der Waals surface area contributed by atoms with E-state index in [2.05, 4.69) is 0 Å². The van der Waals surface area contributed by atoms with Gasteiger partial charge in [-0.15, -0.1) is 0 Å². The maximum atomic E-state index is 11.3. The number of hydrogen-bond donors (Lipinski definition) is 1. The van der Waals surface area contributed by atoms with Crippen LogP contribution in [-0.2, 0) is 10.8 Å². The molecular formula is C8H10ClNOS. The van der Waals surface area contributed by atoms with Crippen molar-refractivity contribution in [3.63, 3.8) is 0 Å². The second kappa shape index (κ2) is 3.92. The molecule has 1 aromatic rings. The summed E-state index contributed by atoms with van der Waals surface area (Å²) in [5, 5.41) is 0.482. The Bertz CT molecular complexity index is 314. The molecule has 0 heterocycles. The Labute approximate surface area is 79.2 Å². The lowest BCUT2D eigenvalue weighted by Crippen LogP contribution is -1.95. The molecule has 0 aromatic heterocycles. The van der Waals surface area contributed by atoms with Crippen molar-refractivity contribution in [1.29, 1.82) is 0 Å². The summed E-state index contributed by atoms with van der Waals surface area (Å²) < 4.78 is 11.3. The van der Waals surface area contributed by atoms with E-state index in [0.29, 0.717) is 21.4 Å². The van der Waals surface area contributed by atoms with Crippen molar-refractivity contribution >= 4 is 28.1 Å². The molecule has 4 heteroatoms. The fourth-order valence-corrected chi connectivity index (χ4v) is 2.11. The minimum Gasteiger partial charge on any atom is -0.399 e. The molecule has 1 rings (SSSR count). The molecule has 0 saturated heterocycles. The van der Waals surface area contributed by atoms with Crippen LogP contribution in [0.2, 0.25) is 5.02 Å². The quantitative estimate of drug-likeness (QED) is 0.748. The Morgan fingerprint density at radius 1 is 1.58 bits per heavy atom. The number of nitrogens with two attached hydrogens (primary N) is 1. The number of nitrogen functional groups attached to an aromatic ring is 1. The van der Waals surface area contributed by atoms with Crippen molar-refractivity contribution in [2.45, 2.75) is 11.8 Å². The van der Waals surface area contributed by atoms with Gasteiger partial charge < -0.3 is 5.73 Å². The summed E-state index contributed by atoms with van der Waals surface area (Å²) in [5.74, 6) is 0.573. The summed E-state index contributed by atoms with van der Waals surface area (Å²) in [6.45, 7) is 1.85. The fraction of sp³-hybridized carbons (Fsp3) is 0.250. The van der Waals surface area contributed by atoms with E-state index >= 15 is 0 Å². The van der Waals surface area contributed by atoms with Crippen LogP contribution in [0.4, 0.5) is 5.69 Å². The van der Waals surface area contributed by atoms with Crippen LogP contribution in [0, 0.1) is 0 Å². The monoisotopic (exact) mass is 203 g/mol. The third-order valence-corrected chi connectivity index (χ3v) is 3.26. The molecule has 66 valence electrons. The molecule has 1 atom stereocenters. The molecule has 12 heavy (non-hydrogen) atoms. The lowest BCUT2D eigenvalue weighted by Gasteiger charge is -2.02. The van der Waals surface area contributed by atoms with Gasteiger partial charge in [0.1, 0.15) is 0 Å². The van der Waals surface area contributed by atoms with Gasteiger partial charge in [0.15, 0.2) is 0 Å². The molecule has 0 aliphatic carbocycles. The molecule has 0 bridgehead atoms. The van der Waals surface area contributed by atoms with E-state index in [-0.39, 0.29) is 0 Å². The van der Waals surface area contributed by atoms with Crippen LogP contribution in [0.15, 0.2) is 23.1 Å². The van der Waals surface area contributed by atoms with Crippen LogP contribution in [-0.4, -0.2) is 9.96 Å². The number of anilines is 1. The third-order valence-electron chi connectivity index (χ3n) is 1.46. The van der Waals surface area contributed by atoms with Gasteiger partial charge in [0, 0.05) is 11.4 Å². The van der Waals surface area contributed by atoms with E-state index in [1.807, 2.05) is 6.92 Å². The first kappa shape index (κ1) is 9.55. The Hall–Kier alpha value is -0.540. The van der Waals surface area contributed by atoms with E-state index in [0.717, 1.165) is 0 Å². The van der Waals surface area contributed by atoms with Crippen molar-refractivity contribution in [2.75, 3.05) is 11.5 Å². The first-order valence-corrected chi connectivity index (χ1v) is 5.28. The minimum atomic E-state index is -0.998. The molecule has 0 saturated carbocycles. The number of rotatable bonds is 2. The Kier molecular flexibility index (Phi) is 3.12. The number of benzene rings is 1. The van der Waals surface area contributed by atoms with Crippen molar-refractivity contribution in [1.82, 2.24) is 0 Å². The van der Waals surface area contributed by atoms with Crippen LogP contribution >= 0.6 is 11.6 Å². The van der Waals surface area contributed by atoms with Gasteiger partial charge in [-0.3, -0.25) is 4.21 Å². The zero-order valence-electron chi connectivity index (χ0n) is 6.71. The highest BCUT2D eigenvalue weighted by Crippen LogP contribution is 2.22. The highest BCUT2D eigenvalue weighted by Gasteiger charge is 2.05. The van der Waals surface area contributed by atoms with Gasteiger partial charge in [0.25, 0.3) is 0 Å². The summed E-state index contributed by atoms with van der Waals surface area (Å²) in [5.41, 5.74) is 6.08. The first-order valence-electron chi connectivity index (χ1n) is 3.58. The molecule has 0 aliphatic rings. The summed E-state index contributed by atoms with van der Waals surface area (Å²) in [4.78, 5) is 0.661.